The molecule has 5 rings (SSSR count). The lowest BCUT2D eigenvalue weighted by Gasteiger charge is -2.11. The molecule has 168 valence electrons. The fraction of sp³-hybridized carbons (Fsp3) is 0.174. The molecule has 0 saturated heterocycles. The molecule has 33 heavy (non-hydrogen) atoms. The van der Waals surface area contributed by atoms with Crippen LogP contribution in [0.15, 0.2) is 66.0 Å². The largest absolute Gasteiger partial charge is 0.301 e. The molecule has 0 N–H and O–H groups in total. The zero-order chi connectivity index (χ0) is 23.3. The van der Waals surface area contributed by atoms with Gasteiger partial charge in [-0.2, -0.15) is 0 Å². The molecule has 0 amide bonds. The first-order valence-corrected chi connectivity index (χ1v) is 12.2. The Labute approximate surface area is 196 Å². The Morgan fingerprint density at radius 2 is 1.70 bits per heavy atom. The van der Waals surface area contributed by atoms with Gasteiger partial charge in [-0.3, -0.25) is 0 Å². The Kier molecular flexibility index (Phi) is 5.19. The topological polar surface area (TPSA) is 85.4 Å². The molecule has 10 heteroatoms. The molecule has 0 fully saturated rings. The summed E-state index contributed by atoms with van der Waals surface area (Å²) >= 11 is 5.98. The summed E-state index contributed by atoms with van der Waals surface area (Å²) < 4.78 is 29.8. The van der Waals surface area contributed by atoms with Crippen LogP contribution in [0.3, 0.4) is 0 Å². The lowest BCUT2D eigenvalue weighted by atomic mass is 10.1. The average molecular weight is 481 g/mol. The molecule has 0 bridgehead atoms. The number of hydrogen-bond acceptors (Lipinski definition) is 5. The standard InChI is InChI=1S/C23H21ClN6O2S/c1-15-4-8-17(9-5-15)29-13-19(16-6-10-18(11-7-16)33(31,32)28(2)3)21-22(29)25-14-30-23(21)26-20(12-24)27-30/h4-11,13-14H,12H2,1-3H3. The molecule has 0 aliphatic carbocycles. The predicted molar refractivity (Wildman–Crippen MR) is 128 cm³/mol. The number of hydrogen-bond donors (Lipinski definition) is 0. The Morgan fingerprint density at radius 3 is 2.33 bits per heavy atom. The SMILES string of the molecule is Cc1ccc(-n2cc(-c3ccc(S(=O)(=O)N(C)C)cc3)c3c2ncn2nc(CCl)nc32)cc1. The summed E-state index contributed by atoms with van der Waals surface area (Å²) in [6.07, 6.45) is 3.62. The first-order chi connectivity index (χ1) is 15.8. The highest BCUT2D eigenvalue weighted by Gasteiger charge is 2.21. The molecule has 0 atom stereocenters. The molecule has 2 aromatic carbocycles. The first-order valence-electron chi connectivity index (χ1n) is 10.2. The van der Waals surface area contributed by atoms with Crippen LogP contribution in [0, 0.1) is 6.92 Å². The van der Waals surface area contributed by atoms with Gasteiger partial charge in [-0.1, -0.05) is 29.8 Å². The number of aromatic nitrogens is 5. The van der Waals surface area contributed by atoms with Crippen molar-refractivity contribution < 1.29 is 8.42 Å². The molecular weight excluding hydrogens is 460 g/mol. The number of aryl methyl sites for hydroxylation is 1. The molecule has 0 aliphatic heterocycles. The Hall–Kier alpha value is -3.27. The summed E-state index contributed by atoms with van der Waals surface area (Å²) in [6.45, 7) is 2.04. The summed E-state index contributed by atoms with van der Waals surface area (Å²) in [5.74, 6) is 0.696. The van der Waals surface area contributed by atoms with E-state index >= 15 is 0 Å². The van der Waals surface area contributed by atoms with Crippen LogP contribution >= 0.6 is 11.6 Å². The maximum Gasteiger partial charge on any atom is 0.242 e. The Balaban J connectivity index is 1.77. The van der Waals surface area contributed by atoms with Crippen molar-refractivity contribution in [2.24, 2.45) is 0 Å². The van der Waals surface area contributed by atoms with Gasteiger partial charge in [-0.25, -0.2) is 27.2 Å². The van der Waals surface area contributed by atoms with E-state index in [4.69, 9.17) is 11.6 Å². The second-order valence-electron chi connectivity index (χ2n) is 7.93. The van der Waals surface area contributed by atoms with E-state index in [0.717, 1.165) is 33.4 Å². The zero-order valence-electron chi connectivity index (χ0n) is 18.3. The van der Waals surface area contributed by atoms with Crippen molar-refractivity contribution in [3.63, 3.8) is 0 Å². The van der Waals surface area contributed by atoms with E-state index in [2.05, 4.69) is 15.1 Å². The van der Waals surface area contributed by atoms with Gasteiger partial charge in [0, 0.05) is 31.5 Å². The molecule has 8 nitrogen and oxygen atoms in total. The number of rotatable bonds is 5. The Bertz CT molecular complexity index is 1590. The first kappa shape index (κ1) is 21.6. The van der Waals surface area contributed by atoms with Crippen molar-refractivity contribution in [1.29, 1.82) is 0 Å². The predicted octanol–water partition coefficient (Wildman–Crippen LogP) is 4.03. The number of halogens is 1. The van der Waals surface area contributed by atoms with E-state index in [1.807, 2.05) is 42.0 Å². The van der Waals surface area contributed by atoms with Crippen molar-refractivity contribution in [1.82, 2.24) is 28.5 Å². The highest BCUT2D eigenvalue weighted by atomic mass is 35.5. The molecule has 0 aliphatic rings. The maximum atomic E-state index is 12.5. The number of benzene rings is 2. The molecular formula is C23H21ClN6O2S. The fourth-order valence-corrected chi connectivity index (χ4v) is 4.78. The molecule has 0 unspecified atom stereocenters. The van der Waals surface area contributed by atoms with Crippen LogP contribution in [0.2, 0.25) is 0 Å². The summed E-state index contributed by atoms with van der Waals surface area (Å²) in [4.78, 5) is 9.50. The number of alkyl halides is 1. The molecule has 3 heterocycles. The minimum atomic E-state index is -3.52. The Morgan fingerprint density at radius 1 is 1.00 bits per heavy atom. The molecule has 0 spiro atoms. The van der Waals surface area contributed by atoms with Crippen molar-refractivity contribution in [3.8, 4) is 16.8 Å². The van der Waals surface area contributed by atoms with Crippen LogP contribution < -0.4 is 0 Å². The monoisotopic (exact) mass is 480 g/mol. The normalized spacial score (nSPS) is 12.3. The van der Waals surface area contributed by atoms with E-state index in [1.54, 1.807) is 35.1 Å². The molecule has 0 saturated carbocycles. The van der Waals surface area contributed by atoms with Crippen LogP contribution in [0.1, 0.15) is 11.4 Å². The van der Waals surface area contributed by atoms with Crippen LogP contribution in [-0.4, -0.2) is 51.0 Å². The number of sulfonamides is 1. The van der Waals surface area contributed by atoms with Crippen molar-refractivity contribution in [2.75, 3.05) is 14.1 Å². The average Bonchev–Trinajstić information content (AvgIpc) is 3.41. The van der Waals surface area contributed by atoms with Gasteiger partial charge in [-0.15, -0.1) is 16.7 Å². The minimum Gasteiger partial charge on any atom is -0.301 e. The summed E-state index contributed by atoms with van der Waals surface area (Å²) in [5.41, 5.74) is 5.19. The van der Waals surface area contributed by atoms with E-state index in [-0.39, 0.29) is 10.8 Å². The van der Waals surface area contributed by atoms with Crippen molar-refractivity contribution in [2.45, 2.75) is 17.7 Å². The maximum absolute atomic E-state index is 12.5. The molecule has 5 aromatic rings. The molecule has 0 radical (unpaired) electrons. The van der Waals surface area contributed by atoms with Gasteiger partial charge >= 0.3 is 0 Å². The lowest BCUT2D eigenvalue weighted by molar-refractivity contribution is 0.521. The minimum absolute atomic E-state index is 0.189. The zero-order valence-corrected chi connectivity index (χ0v) is 19.8. The van der Waals surface area contributed by atoms with E-state index in [0.29, 0.717) is 11.5 Å². The second-order valence-corrected chi connectivity index (χ2v) is 10.4. The van der Waals surface area contributed by atoms with Gasteiger partial charge in [0.25, 0.3) is 0 Å². The van der Waals surface area contributed by atoms with Gasteiger partial charge in [0.1, 0.15) is 6.33 Å². The smallest absolute Gasteiger partial charge is 0.242 e. The van der Waals surface area contributed by atoms with E-state index in [1.165, 1.54) is 18.4 Å². The molecule has 3 aromatic heterocycles. The van der Waals surface area contributed by atoms with Gasteiger partial charge in [0.15, 0.2) is 17.1 Å². The summed E-state index contributed by atoms with van der Waals surface area (Å²) in [5, 5.41) is 5.20. The van der Waals surface area contributed by atoms with E-state index < -0.39 is 10.0 Å². The second kappa shape index (κ2) is 7.95. The highest BCUT2D eigenvalue weighted by Crippen LogP contribution is 2.34. The summed E-state index contributed by atoms with van der Waals surface area (Å²) in [6, 6.07) is 15.0. The third kappa shape index (κ3) is 3.58. The number of fused-ring (bicyclic) bond motifs is 3. The van der Waals surface area contributed by atoms with Gasteiger partial charge in [-0.05, 0) is 36.8 Å². The van der Waals surface area contributed by atoms with Crippen LogP contribution in [0.4, 0.5) is 0 Å². The van der Waals surface area contributed by atoms with E-state index in [9.17, 15) is 8.42 Å². The quantitative estimate of drug-likeness (QED) is 0.354. The van der Waals surface area contributed by atoms with Crippen LogP contribution in [-0.2, 0) is 15.9 Å². The van der Waals surface area contributed by atoms with Crippen LogP contribution in [0.5, 0.6) is 0 Å². The third-order valence-electron chi connectivity index (χ3n) is 5.54. The summed E-state index contributed by atoms with van der Waals surface area (Å²) in [7, 11) is -0.491. The van der Waals surface area contributed by atoms with Crippen molar-refractivity contribution >= 4 is 38.3 Å². The fourth-order valence-electron chi connectivity index (χ4n) is 3.77. The van der Waals surface area contributed by atoms with Gasteiger partial charge in [0.2, 0.25) is 10.0 Å². The van der Waals surface area contributed by atoms with Crippen molar-refractivity contribution in [3.05, 3.63) is 72.4 Å². The highest BCUT2D eigenvalue weighted by molar-refractivity contribution is 7.89. The van der Waals surface area contributed by atoms with Gasteiger partial charge in [0.05, 0.1) is 16.2 Å². The number of nitrogens with zero attached hydrogens (tertiary/aromatic N) is 6. The van der Waals surface area contributed by atoms with Crippen LogP contribution in [0.25, 0.3) is 33.5 Å². The lowest BCUT2D eigenvalue weighted by Crippen LogP contribution is -2.22. The van der Waals surface area contributed by atoms with Gasteiger partial charge < -0.3 is 4.57 Å². The third-order valence-corrected chi connectivity index (χ3v) is 7.61.